The van der Waals surface area contributed by atoms with Gasteiger partial charge in [0.2, 0.25) is 9.84 Å². The van der Waals surface area contributed by atoms with E-state index in [1.54, 1.807) is 44.2 Å². The lowest BCUT2D eigenvalue weighted by atomic mass is 10.3. The number of hydrazone groups is 1. The van der Waals surface area contributed by atoms with E-state index in [4.69, 9.17) is 4.74 Å². The number of carbonyl (C=O) groups excluding carboxylic acids is 2. The summed E-state index contributed by atoms with van der Waals surface area (Å²) in [6.07, 6.45) is -0.0340. The summed E-state index contributed by atoms with van der Waals surface area (Å²) < 4.78 is 31.4. The van der Waals surface area contributed by atoms with E-state index in [9.17, 15) is 18.0 Å². The summed E-state index contributed by atoms with van der Waals surface area (Å²) in [6, 6.07) is 12.7. The van der Waals surface area contributed by atoms with Crippen LogP contribution in [0.3, 0.4) is 0 Å². The van der Waals surface area contributed by atoms with Crippen LogP contribution in [0.15, 0.2) is 67.9 Å². The molecule has 0 aromatic heterocycles. The number of carbonyl (C=O) groups is 2. The van der Waals surface area contributed by atoms with E-state index in [2.05, 4.69) is 31.8 Å². The van der Waals surface area contributed by atoms with E-state index in [1.165, 1.54) is 18.2 Å². The molecule has 0 atom stereocenters. The summed E-state index contributed by atoms with van der Waals surface area (Å²) in [6.45, 7) is 3.34. The molecule has 0 saturated carbocycles. The summed E-state index contributed by atoms with van der Waals surface area (Å²) in [5, 5.41) is 6.67. The van der Waals surface area contributed by atoms with Crippen molar-refractivity contribution >= 4 is 49.0 Å². The molecule has 0 radical (unpaired) electrons. The van der Waals surface area contributed by atoms with E-state index in [0.29, 0.717) is 10.2 Å². The Morgan fingerprint density at radius 3 is 2.50 bits per heavy atom. The third-order valence-corrected chi connectivity index (χ3v) is 6.11. The molecule has 160 valence electrons. The van der Waals surface area contributed by atoms with E-state index in [1.807, 2.05) is 0 Å². The SMILES string of the molecule is CCOC(=O)C/C(C)=N\NC(=O)CNc1ccc(Br)cc1S(=O)(=O)c1ccccc1. The predicted molar refractivity (Wildman–Crippen MR) is 117 cm³/mol. The highest BCUT2D eigenvalue weighted by Crippen LogP contribution is 2.30. The van der Waals surface area contributed by atoms with Crippen molar-refractivity contribution in [3.63, 3.8) is 0 Å². The van der Waals surface area contributed by atoms with Crippen molar-refractivity contribution in [2.24, 2.45) is 5.10 Å². The number of esters is 1. The van der Waals surface area contributed by atoms with E-state index in [0.717, 1.165) is 0 Å². The summed E-state index contributed by atoms with van der Waals surface area (Å²) in [7, 11) is -3.79. The van der Waals surface area contributed by atoms with Crippen molar-refractivity contribution in [3.05, 3.63) is 53.0 Å². The van der Waals surface area contributed by atoms with Crippen LogP contribution in [0.4, 0.5) is 5.69 Å². The van der Waals surface area contributed by atoms with Gasteiger partial charge in [0.05, 0.1) is 35.1 Å². The van der Waals surface area contributed by atoms with Crippen molar-refractivity contribution in [1.29, 1.82) is 0 Å². The van der Waals surface area contributed by atoms with E-state index >= 15 is 0 Å². The van der Waals surface area contributed by atoms with E-state index in [-0.39, 0.29) is 35.1 Å². The Kier molecular flexibility index (Phi) is 8.55. The smallest absolute Gasteiger partial charge is 0.311 e. The number of anilines is 1. The number of halogens is 1. The fourth-order valence-electron chi connectivity index (χ4n) is 2.42. The van der Waals surface area contributed by atoms with Crippen molar-refractivity contribution in [3.8, 4) is 0 Å². The van der Waals surface area contributed by atoms with Gasteiger partial charge in [0.25, 0.3) is 5.91 Å². The molecule has 1 amide bonds. The van der Waals surface area contributed by atoms with Crippen LogP contribution in [-0.4, -0.2) is 39.2 Å². The van der Waals surface area contributed by atoms with E-state index < -0.39 is 21.7 Å². The van der Waals surface area contributed by atoms with Gasteiger partial charge in [0.15, 0.2) is 0 Å². The highest BCUT2D eigenvalue weighted by Gasteiger charge is 2.22. The summed E-state index contributed by atoms with van der Waals surface area (Å²) >= 11 is 3.29. The Morgan fingerprint density at radius 1 is 1.13 bits per heavy atom. The number of benzene rings is 2. The van der Waals surface area contributed by atoms with Crippen LogP contribution >= 0.6 is 15.9 Å². The van der Waals surface area contributed by atoms with Crippen molar-refractivity contribution < 1.29 is 22.7 Å². The zero-order valence-corrected chi connectivity index (χ0v) is 18.9. The first-order chi connectivity index (χ1) is 14.2. The lowest BCUT2D eigenvalue weighted by molar-refractivity contribution is -0.141. The minimum atomic E-state index is -3.79. The molecule has 0 saturated heterocycles. The minimum Gasteiger partial charge on any atom is -0.466 e. The van der Waals surface area contributed by atoms with Crippen LogP contribution in [0, 0.1) is 0 Å². The van der Waals surface area contributed by atoms with Gasteiger partial charge in [-0.3, -0.25) is 9.59 Å². The molecule has 0 unspecified atom stereocenters. The van der Waals surface area contributed by atoms with Gasteiger partial charge in [-0.15, -0.1) is 0 Å². The van der Waals surface area contributed by atoms with Crippen LogP contribution in [0.25, 0.3) is 0 Å². The lowest BCUT2D eigenvalue weighted by Gasteiger charge is -2.13. The van der Waals surface area contributed by atoms with Crippen molar-refractivity contribution in [1.82, 2.24) is 5.43 Å². The summed E-state index contributed by atoms with van der Waals surface area (Å²) in [4.78, 5) is 23.7. The molecule has 8 nitrogen and oxygen atoms in total. The Bertz CT molecular complexity index is 1040. The highest BCUT2D eigenvalue weighted by molar-refractivity contribution is 9.10. The fourth-order valence-corrected chi connectivity index (χ4v) is 4.42. The van der Waals surface area contributed by atoms with Crippen LogP contribution in [-0.2, 0) is 24.2 Å². The maximum atomic E-state index is 13.0. The Balaban J connectivity index is 2.09. The maximum Gasteiger partial charge on any atom is 0.311 e. The monoisotopic (exact) mass is 495 g/mol. The molecule has 2 aromatic carbocycles. The van der Waals surface area contributed by atoms with Gasteiger partial charge >= 0.3 is 5.97 Å². The molecule has 2 N–H and O–H groups in total. The Hall–Kier alpha value is -2.72. The number of rotatable bonds is 9. The van der Waals surface area contributed by atoms with Crippen LogP contribution in [0.2, 0.25) is 0 Å². The third-order valence-electron chi connectivity index (χ3n) is 3.80. The Morgan fingerprint density at radius 2 is 1.83 bits per heavy atom. The standard InChI is InChI=1S/C20H22BrN3O5S/c1-3-29-20(26)11-14(2)23-24-19(25)13-22-17-10-9-15(21)12-18(17)30(27,28)16-7-5-4-6-8-16/h4-10,12,22H,3,11,13H2,1-2H3,(H,24,25)/b23-14-. The first-order valence-corrected chi connectivity index (χ1v) is 11.3. The number of hydrogen-bond acceptors (Lipinski definition) is 7. The van der Waals surface area contributed by atoms with Gasteiger partial charge in [-0.1, -0.05) is 34.1 Å². The number of ether oxygens (including phenoxy) is 1. The minimum absolute atomic E-state index is 0.0340. The van der Waals surface area contributed by atoms with Crippen LogP contribution in [0.1, 0.15) is 20.3 Å². The molecule has 10 heteroatoms. The van der Waals surface area contributed by atoms with Gasteiger partial charge < -0.3 is 10.1 Å². The van der Waals surface area contributed by atoms with Crippen molar-refractivity contribution in [2.75, 3.05) is 18.5 Å². The molecule has 0 spiro atoms. The number of hydrogen-bond donors (Lipinski definition) is 2. The molecule has 0 bridgehead atoms. The Labute approximate surface area is 183 Å². The third kappa shape index (κ3) is 6.67. The van der Waals surface area contributed by atoms with Crippen LogP contribution < -0.4 is 10.7 Å². The number of nitrogens with one attached hydrogen (secondary N) is 2. The first-order valence-electron chi connectivity index (χ1n) is 9.05. The summed E-state index contributed by atoms with van der Waals surface area (Å²) in [5.41, 5.74) is 2.99. The highest BCUT2D eigenvalue weighted by atomic mass is 79.9. The van der Waals surface area contributed by atoms with Gasteiger partial charge in [0, 0.05) is 10.2 Å². The first kappa shape index (κ1) is 23.6. The van der Waals surface area contributed by atoms with Crippen molar-refractivity contribution in [2.45, 2.75) is 30.1 Å². The molecule has 2 aromatic rings. The normalized spacial score (nSPS) is 11.6. The van der Waals surface area contributed by atoms with Gasteiger partial charge in [-0.2, -0.15) is 5.10 Å². The molecule has 0 aliphatic heterocycles. The number of nitrogens with zero attached hydrogens (tertiary/aromatic N) is 1. The zero-order chi connectivity index (χ0) is 22.1. The van der Waals surface area contributed by atoms with Gasteiger partial charge in [-0.25, -0.2) is 13.8 Å². The molecular weight excluding hydrogens is 474 g/mol. The second-order valence-corrected chi connectivity index (χ2v) is 9.01. The average Bonchev–Trinajstić information content (AvgIpc) is 2.72. The van der Waals surface area contributed by atoms with Crippen LogP contribution in [0.5, 0.6) is 0 Å². The zero-order valence-electron chi connectivity index (χ0n) is 16.5. The average molecular weight is 496 g/mol. The van der Waals surface area contributed by atoms with Gasteiger partial charge in [-0.05, 0) is 44.2 Å². The predicted octanol–water partition coefficient (Wildman–Crippen LogP) is 3.14. The summed E-state index contributed by atoms with van der Waals surface area (Å²) in [5.74, 6) is -0.930. The second kappa shape index (κ2) is 10.9. The molecular formula is C20H22BrN3O5S. The fraction of sp³-hybridized carbons (Fsp3) is 0.250. The largest absolute Gasteiger partial charge is 0.466 e. The molecule has 0 fully saturated rings. The molecule has 30 heavy (non-hydrogen) atoms. The molecule has 0 aliphatic carbocycles. The molecule has 0 aliphatic rings. The number of sulfone groups is 1. The second-order valence-electron chi connectivity index (χ2n) is 6.17. The molecule has 2 rings (SSSR count). The molecule has 0 heterocycles. The van der Waals surface area contributed by atoms with Gasteiger partial charge in [0.1, 0.15) is 0 Å². The lowest BCUT2D eigenvalue weighted by Crippen LogP contribution is -2.27. The quantitative estimate of drug-likeness (QED) is 0.313. The topological polar surface area (TPSA) is 114 Å². The number of amides is 1. The maximum absolute atomic E-state index is 13.0.